The van der Waals surface area contributed by atoms with E-state index in [0.717, 1.165) is 25.1 Å². The summed E-state index contributed by atoms with van der Waals surface area (Å²) in [5.41, 5.74) is 2.57. The Kier molecular flexibility index (Phi) is 4.67. The lowest BCUT2D eigenvalue weighted by Gasteiger charge is -2.17. The molecular weight excluding hydrogens is 248 g/mol. The Morgan fingerprint density at radius 3 is 2.75 bits per heavy atom. The maximum Gasteiger partial charge on any atom is 0.123 e. The Labute approximate surface area is 121 Å². The first-order chi connectivity index (χ1) is 9.54. The standard InChI is InChI=1S/C17H24N2O/c1-13(2)19-11-15-10-14(3)4-5-16(15)20-12-17(6-7-17)8-9-18/h4-5,10,13,19H,6-8,11-12H2,1-3H3. The van der Waals surface area contributed by atoms with E-state index in [-0.39, 0.29) is 5.41 Å². The summed E-state index contributed by atoms with van der Waals surface area (Å²) in [6, 6.07) is 9.04. The number of nitrogens with zero attached hydrogens (tertiary/aromatic N) is 1. The molecule has 0 unspecified atom stereocenters. The average molecular weight is 272 g/mol. The molecule has 1 aromatic carbocycles. The van der Waals surface area contributed by atoms with E-state index in [1.807, 2.05) is 0 Å². The monoisotopic (exact) mass is 272 g/mol. The minimum Gasteiger partial charge on any atom is -0.493 e. The van der Waals surface area contributed by atoms with Gasteiger partial charge in [-0.2, -0.15) is 5.26 Å². The van der Waals surface area contributed by atoms with Crippen molar-refractivity contribution >= 4 is 0 Å². The highest BCUT2D eigenvalue weighted by Gasteiger charge is 2.43. The van der Waals surface area contributed by atoms with Gasteiger partial charge in [0, 0.05) is 30.0 Å². The number of hydrogen-bond acceptors (Lipinski definition) is 3. The van der Waals surface area contributed by atoms with Crippen LogP contribution in [0.5, 0.6) is 5.75 Å². The van der Waals surface area contributed by atoms with Gasteiger partial charge in [-0.1, -0.05) is 31.5 Å². The number of benzene rings is 1. The van der Waals surface area contributed by atoms with Crippen LogP contribution in [-0.2, 0) is 6.54 Å². The van der Waals surface area contributed by atoms with Gasteiger partial charge >= 0.3 is 0 Å². The van der Waals surface area contributed by atoms with E-state index >= 15 is 0 Å². The van der Waals surface area contributed by atoms with Crippen LogP contribution < -0.4 is 10.1 Å². The minimum atomic E-state index is 0.127. The van der Waals surface area contributed by atoms with Gasteiger partial charge in [0.1, 0.15) is 5.75 Å². The van der Waals surface area contributed by atoms with Crippen LogP contribution in [-0.4, -0.2) is 12.6 Å². The molecule has 0 atom stereocenters. The predicted octanol–water partition coefficient (Wildman–Crippen LogP) is 3.57. The van der Waals surface area contributed by atoms with Crippen LogP contribution in [0.4, 0.5) is 0 Å². The van der Waals surface area contributed by atoms with E-state index < -0.39 is 0 Å². The fourth-order valence-corrected chi connectivity index (χ4v) is 2.25. The lowest BCUT2D eigenvalue weighted by molar-refractivity contribution is 0.234. The van der Waals surface area contributed by atoms with Crippen molar-refractivity contribution in [3.05, 3.63) is 29.3 Å². The fraction of sp³-hybridized carbons (Fsp3) is 0.588. The summed E-state index contributed by atoms with van der Waals surface area (Å²) >= 11 is 0. The molecule has 2 rings (SSSR count). The molecule has 1 saturated carbocycles. The van der Waals surface area contributed by atoms with Crippen molar-refractivity contribution in [2.24, 2.45) is 5.41 Å². The molecule has 0 amide bonds. The van der Waals surface area contributed by atoms with E-state index in [2.05, 4.69) is 50.4 Å². The van der Waals surface area contributed by atoms with Gasteiger partial charge in [-0.15, -0.1) is 0 Å². The summed E-state index contributed by atoms with van der Waals surface area (Å²) in [7, 11) is 0. The van der Waals surface area contributed by atoms with E-state index in [9.17, 15) is 0 Å². The van der Waals surface area contributed by atoms with Crippen LogP contribution >= 0.6 is 0 Å². The molecule has 1 N–H and O–H groups in total. The van der Waals surface area contributed by atoms with Crippen molar-refractivity contribution in [3.63, 3.8) is 0 Å². The average Bonchev–Trinajstić information content (AvgIpc) is 3.16. The van der Waals surface area contributed by atoms with Gasteiger partial charge < -0.3 is 10.1 Å². The van der Waals surface area contributed by atoms with Gasteiger partial charge in [0.25, 0.3) is 0 Å². The van der Waals surface area contributed by atoms with E-state index in [0.29, 0.717) is 19.1 Å². The van der Waals surface area contributed by atoms with Crippen LogP contribution in [0.15, 0.2) is 18.2 Å². The number of aryl methyl sites for hydroxylation is 1. The second kappa shape index (κ2) is 6.28. The Morgan fingerprint density at radius 2 is 2.15 bits per heavy atom. The maximum absolute atomic E-state index is 8.86. The van der Waals surface area contributed by atoms with Gasteiger partial charge in [0.05, 0.1) is 12.7 Å². The Hall–Kier alpha value is -1.53. The third-order valence-electron chi connectivity index (χ3n) is 3.86. The van der Waals surface area contributed by atoms with Crippen molar-refractivity contribution in [1.29, 1.82) is 5.26 Å². The van der Waals surface area contributed by atoms with Crippen molar-refractivity contribution < 1.29 is 4.74 Å². The van der Waals surface area contributed by atoms with Gasteiger partial charge in [0.2, 0.25) is 0 Å². The smallest absolute Gasteiger partial charge is 0.123 e. The highest BCUT2D eigenvalue weighted by Crippen LogP contribution is 2.48. The molecule has 0 saturated heterocycles. The topological polar surface area (TPSA) is 45.0 Å². The quantitative estimate of drug-likeness (QED) is 0.825. The first-order valence-electron chi connectivity index (χ1n) is 7.37. The van der Waals surface area contributed by atoms with E-state index in [4.69, 9.17) is 10.00 Å². The van der Waals surface area contributed by atoms with Gasteiger partial charge in [0.15, 0.2) is 0 Å². The molecule has 108 valence electrons. The SMILES string of the molecule is Cc1ccc(OCC2(CC#N)CC2)c(CNC(C)C)c1. The van der Waals surface area contributed by atoms with Crippen LogP contribution in [0.2, 0.25) is 0 Å². The summed E-state index contributed by atoms with van der Waals surface area (Å²) in [6.45, 7) is 7.86. The van der Waals surface area contributed by atoms with Crippen LogP contribution in [0.25, 0.3) is 0 Å². The first kappa shape index (κ1) is 14.9. The lowest BCUT2D eigenvalue weighted by atomic mass is 10.1. The summed E-state index contributed by atoms with van der Waals surface area (Å²) in [5, 5.41) is 12.3. The number of rotatable bonds is 7. The molecule has 0 heterocycles. The zero-order valence-electron chi connectivity index (χ0n) is 12.7. The maximum atomic E-state index is 8.86. The highest BCUT2D eigenvalue weighted by molar-refractivity contribution is 5.37. The molecule has 0 spiro atoms. The van der Waals surface area contributed by atoms with Gasteiger partial charge in [-0.3, -0.25) is 0 Å². The third kappa shape index (κ3) is 3.98. The Morgan fingerprint density at radius 1 is 1.40 bits per heavy atom. The number of ether oxygens (including phenoxy) is 1. The van der Waals surface area contributed by atoms with Crippen molar-refractivity contribution in [1.82, 2.24) is 5.32 Å². The normalized spacial score (nSPS) is 15.9. The minimum absolute atomic E-state index is 0.127. The molecule has 1 aromatic rings. The Bertz CT molecular complexity index is 498. The molecule has 1 fully saturated rings. The van der Waals surface area contributed by atoms with Crippen molar-refractivity contribution in [3.8, 4) is 11.8 Å². The van der Waals surface area contributed by atoms with Crippen LogP contribution in [0.1, 0.15) is 44.2 Å². The van der Waals surface area contributed by atoms with E-state index in [1.54, 1.807) is 0 Å². The van der Waals surface area contributed by atoms with Gasteiger partial charge in [-0.25, -0.2) is 0 Å². The molecule has 1 aliphatic rings. The second-order valence-corrected chi connectivity index (χ2v) is 6.27. The van der Waals surface area contributed by atoms with Crippen molar-refractivity contribution in [2.45, 2.75) is 52.6 Å². The number of nitriles is 1. The fourth-order valence-electron chi connectivity index (χ4n) is 2.25. The molecule has 0 aromatic heterocycles. The summed E-state index contributed by atoms with van der Waals surface area (Å²) < 4.78 is 6.01. The zero-order valence-corrected chi connectivity index (χ0v) is 12.7. The van der Waals surface area contributed by atoms with E-state index in [1.165, 1.54) is 11.1 Å². The molecule has 20 heavy (non-hydrogen) atoms. The summed E-state index contributed by atoms with van der Waals surface area (Å²) in [4.78, 5) is 0. The third-order valence-corrected chi connectivity index (χ3v) is 3.86. The summed E-state index contributed by atoms with van der Waals surface area (Å²) in [6.07, 6.45) is 2.84. The zero-order chi connectivity index (χ0) is 14.6. The lowest BCUT2D eigenvalue weighted by Crippen LogP contribution is -2.22. The summed E-state index contributed by atoms with van der Waals surface area (Å²) in [5.74, 6) is 0.952. The molecule has 3 heteroatoms. The number of hydrogen-bond donors (Lipinski definition) is 1. The van der Waals surface area contributed by atoms with Crippen LogP contribution in [0, 0.1) is 23.7 Å². The highest BCUT2D eigenvalue weighted by atomic mass is 16.5. The van der Waals surface area contributed by atoms with Crippen LogP contribution in [0.3, 0.4) is 0 Å². The molecule has 0 radical (unpaired) electrons. The van der Waals surface area contributed by atoms with Crippen molar-refractivity contribution in [2.75, 3.05) is 6.61 Å². The second-order valence-electron chi connectivity index (χ2n) is 6.27. The largest absolute Gasteiger partial charge is 0.493 e. The van der Waals surface area contributed by atoms with Gasteiger partial charge in [-0.05, 0) is 25.8 Å². The number of nitrogens with one attached hydrogen (secondary N) is 1. The molecule has 0 aliphatic heterocycles. The first-order valence-corrected chi connectivity index (χ1v) is 7.37. The molecular formula is C17H24N2O. The predicted molar refractivity (Wildman–Crippen MR) is 80.5 cm³/mol. The molecule has 3 nitrogen and oxygen atoms in total. The molecule has 0 bridgehead atoms. The Balaban J connectivity index is 2.01. The molecule has 1 aliphatic carbocycles.